The maximum absolute atomic E-state index is 12.2. The lowest BCUT2D eigenvalue weighted by molar-refractivity contribution is -0.177. The molecule has 1 aliphatic rings. The Morgan fingerprint density at radius 2 is 1.70 bits per heavy atom. The second-order valence-corrected chi connectivity index (χ2v) is 6.43. The van der Waals surface area contributed by atoms with Crippen LogP contribution in [0.1, 0.15) is 40.5 Å². The Kier molecular flexibility index (Phi) is 3.99. The van der Waals surface area contributed by atoms with Gasteiger partial charge in [0.05, 0.1) is 5.41 Å². The van der Waals surface area contributed by atoms with Crippen molar-refractivity contribution in [1.82, 2.24) is 0 Å². The van der Waals surface area contributed by atoms with Crippen LogP contribution in [0.4, 0.5) is 0 Å². The summed E-state index contributed by atoms with van der Waals surface area (Å²) in [6.45, 7) is 6.32. The fourth-order valence-electron chi connectivity index (χ4n) is 2.17. The largest absolute Gasteiger partial charge is 0.481 e. The number of hydrogen-bond acceptors (Lipinski definition) is 4. The molecule has 0 aromatic heterocycles. The van der Waals surface area contributed by atoms with E-state index in [2.05, 4.69) is 0 Å². The molecule has 0 amide bonds. The number of carbonyl (C=O) groups excluding carboxylic acids is 1. The first kappa shape index (κ1) is 16.2. The van der Waals surface area contributed by atoms with Gasteiger partial charge in [0, 0.05) is 0 Å². The molecule has 1 aliphatic carbocycles. The zero-order valence-corrected chi connectivity index (χ0v) is 12.1. The van der Waals surface area contributed by atoms with Gasteiger partial charge in [0.25, 0.3) is 0 Å². The summed E-state index contributed by atoms with van der Waals surface area (Å²) in [6.07, 6.45) is 2.53. The second-order valence-electron chi connectivity index (χ2n) is 6.43. The number of aliphatic carboxylic acids is 2. The molecule has 20 heavy (non-hydrogen) atoms. The van der Waals surface area contributed by atoms with Gasteiger partial charge in [-0.15, -0.1) is 0 Å². The van der Waals surface area contributed by atoms with Crippen LogP contribution in [-0.4, -0.2) is 33.7 Å². The number of carboxylic acids is 2. The molecule has 0 radical (unpaired) electrons. The van der Waals surface area contributed by atoms with Gasteiger partial charge < -0.3 is 14.9 Å². The molecule has 112 valence electrons. The van der Waals surface area contributed by atoms with E-state index >= 15 is 0 Å². The van der Waals surface area contributed by atoms with Crippen LogP contribution in [0.3, 0.4) is 0 Å². The fraction of sp³-hybridized carbons (Fsp3) is 0.643. The van der Waals surface area contributed by atoms with Gasteiger partial charge in [-0.25, -0.2) is 0 Å². The molecule has 1 rings (SSSR count). The summed E-state index contributed by atoms with van der Waals surface area (Å²) in [5.74, 6) is -3.45. The molecule has 2 unspecified atom stereocenters. The van der Waals surface area contributed by atoms with E-state index in [1.54, 1.807) is 20.8 Å². The Labute approximate surface area is 117 Å². The fourth-order valence-corrected chi connectivity index (χ4v) is 2.17. The summed E-state index contributed by atoms with van der Waals surface area (Å²) in [5, 5.41) is 18.7. The zero-order chi connectivity index (χ0) is 15.8. The van der Waals surface area contributed by atoms with Crippen molar-refractivity contribution in [3.05, 3.63) is 12.2 Å². The van der Waals surface area contributed by atoms with Crippen molar-refractivity contribution in [1.29, 1.82) is 0 Å². The van der Waals surface area contributed by atoms with Gasteiger partial charge in [0.1, 0.15) is 5.60 Å². The van der Waals surface area contributed by atoms with Gasteiger partial charge in [0.2, 0.25) is 0 Å². The average molecular weight is 284 g/mol. The Balaban J connectivity index is 3.21. The van der Waals surface area contributed by atoms with Gasteiger partial charge in [-0.2, -0.15) is 0 Å². The summed E-state index contributed by atoms with van der Waals surface area (Å²) in [5.41, 5.74) is -4.09. The van der Waals surface area contributed by atoms with Crippen molar-refractivity contribution in [3.63, 3.8) is 0 Å². The van der Waals surface area contributed by atoms with Crippen molar-refractivity contribution in [2.45, 2.75) is 46.1 Å². The summed E-state index contributed by atoms with van der Waals surface area (Å²) in [4.78, 5) is 35.1. The SMILES string of the molecule is CC(C)(C)OC(=O)C1(C(=O)O)C=CCC(C)(C(=O)O)C1. The highest BCUT2D eigenvalue weighted by molar-refractivity contribution is 6.02. The Morgan fingerprint density at radius 3 is 2.10 bits per heavy atom. The molecule has 0 fully saturated rings. The lowest BCUT2D eigenvalue weighted by Gasteiger charge is -2.37. The molecule has 0 aromatic rings. The standard InChI is InChI=1S/C14H20O6/c1-12(2,3)20-11(19)14(10(17)18)7-5-6-13(4,8-14)9(15)16/h5,7H,6,8H2,1-4H3,(H,15,16)(H,17,18). The molecule has 0 spiro atoms. The molecule has 6 heteroatoms. The van der Waals surface area contributed by atoms with E-state index in [0.29, 0.717) is 0 Å². The van der Waals surface area contributed by atoms with Gasteiger partial charge in [-0.1, -0.05) is 12.2 Å². The predicted molar refractivity (Wildman–Crippen MR) is 70.0 cm³/mol. The molecule has 0 bridgehead atoms. The number of carbonyl (C=O) groups is 3. The topological polar surface area (TPSA) is 101 Å². The molecular weight excluding hydrogens is 264 g/mol. The van der Waals surface area contributed by atoms with Crippen LogP contribution in [-0.2, 0) is 19.1 Å². The van der Waals surface area contributed by atoms with E-state index in [1.165, 1.54) is 19.1 Å². The number of allylic oxidation sites excluding steroid dienone is 1. The van der Waals surface area contributed by atoms with Crippen LogP contribution >= 0.6 is 0 Å². The number of ether oxygens (including phenoxy) is 1. The molecule has 0 aliphatic heterocycles. The van der Waals surface area contributed by atoms with E-state index in [9.17, 15) is 24.6 Å². The van der Waals surface area contributed by atoms with E-state index in [0.717, 1.165) is 0 Å². The molecule has 2 N–H and O–H groups in total. The predicted octanol–water partition coefficient (Wildman–Crippen LogP) is 1.84. The van der Waals surface area contributed by atoms with E-state index in [4.69, 9.17) is 4.74 Å². The Morgan fingerprint density at radius 1 is 1.15 bits per heavy atom. The summed E-state index contributed by atoms with van der Waals surface area (Å²) in [6, 6.07) is 0. The van der Waals surface area contributed by atoms with Crippen molar-refractivity contribution < 1.29 is 29.3 Å². The molecule has 6 nitrogen and oxygen atoms in total. The molecule has 0 saturated heterocycles. The number of hydrogen-bond donors (Lipinski definition) is 2. The number of rotatable bonds is 3. The van der Waals surface area contributed by atoms with E-state index in [-0.39, 0.29) is 12.8 Å². The first-order valence-electron chi connectivity index (χ1n) is 6.31. The second kappa shape index (κ2) is 4.92. The van der Waals surface area contributed by atoms with Gasteiger partial charge >= 0.3 is 17.9 Å². The van der Waals surface area contributed by atoms with Crippen LogP contribution in [0.5, 0.6) is 0 Å². The van der Waals surface area contributed by atoms with Gasteiger partial charge in [0.15, 0.2) is 5.41 Å². The highest BCUT2D eigenvalue weighted by Crippen LogP contribution is 2.44. The first-order valence-corrected chi connectivity index (χ1v) is 6.31. The van der Waals surface area contributed by atoms with Gasteiger partial charge in [-0.3, -0.25) is 14.4 Å². The lowest BCUT2D eigenvalue weighted by atomic mass is 9.66. The molecule has 0 aromatic carbocycles. The quantitative estimate of drug-likeness (QED) is 0.466. The first-order chi connectivity index (χ1) is 8.93. The van der Waals surface area contributed by atoms with Crippen LogP contribution in [0.25, 0.3) is 0 Å². The van der Waals surface area contributed by atoms with Gasteiger partial charge in [-0.05, 0) is 40.5 Å². The van der Waals surface area contributed by atoms with Crippen LogP contribution in [0.15, 0.2) is 12.2 Å². The minimum absolute atomic E-state index is 0.181. The molecule has 0 heterocycles. The average Bonchev–Trinajstić information content (AvgIpc) is 2.26. The van der Waals surface area contributed by atoms with Crippen LogP contribution in [0, 0.1) is 10.8 Å². The highest BCUT2D eigenvalue weighted by atomic mass is 16.6. The maximum atomic E-state index is 12.2. The summed E-state index contributed by atoms with van der Waals surface area (Å²) >= 11 is 0. The molecule has 0 saturated carbocycles. The van der Waals surface area contributed by atoms with Crippen molar-refractivity contribution in [2.24, 2.45) is 10.8 Å². The Hall–Kier alpha value is -1.85. The minimum Gasteiger partial charge on any atom is -0.481 e. The smallest absolute Gasteiger partial charge is 0.327 e. The third-order valence-corrected chi connectivity index (χ3v) is 3.30. The van der Waals surface area contributed by atoms with Crippen molar-refractivity contribution in [3.8, 4) is 0 Å². The highest BCUT2D eigenvalue weighted by Gasteiger charge is 2.55. The summed E-state index contributed by atoms with van der Waals surface area (Å²) in [7, 11) is 0. The molecular formula is C14H20O6. The number of carboxylic acid groups (broad SMARTS) is 2. The monoisotopic (exact) mass is 284 g/mol. The van der Waals surface area contributed by atoms with Crippen molar-refractivity contribution >= 4 is 17.9 Å². The zero-order valence-electron chi connectivity index (χ0n) is 12.1. The van der Waals surface area contributed by atoms with Crippen LogP contribution < -0.4 is 0 Å². The molecule has 2 atom stereocenters. The lowest BCUT2D eigenvalue weighted by Crippen LogP contribution is -2.48. The van der Waals surface area contributed by atoms with E-state index in [1.807, 2.05) is 0 Å². The van der Waals surface area contributed by atoms with Crippen LogP contribution in [0.2, 0.25) is 0 Å². The summed E-state index contributed by atoms with van der Waals surface area (Å²) < 4.78 is 5.15. The third-order valence-electron chi connectivity index (χ3n) is 3.30. The van der Waals surface area contributed by atoms with Crippen molar-refractivity contribution in [2.75, 3.05) is 0 Å². The Bertz CT molecular complexity index is 473. The number of esters is 1. The normalized spacial score (nSPS) is 29.8. The van der Waals surface area contributed by atoms with E-state index < -0.39 is 34.3 Å². The third kappa shape index (κ3) is 3.00. The minimum atomic E-state index is -1.95. The maximum Gasteiger partial charge on any atom is 0.327 e.